The molecule has 0 aliphatic carbocycles. The summed E-state index contributed by atoms with van der Waals surface area (Å²) in [6.45, 7) is 5.48. The second kappa shape index (κ2) is 5.84. The van der Waals surface area contributed by atoms with E-state index in [0.29, 0.717) is 0 Å². The highest BCUT2D eigenvalue weighted by molar-refractivity contribution is 14.1. The van der Waals surface area contributed by atoms with Crippen LogP contribution in [0.4, 0.5) is 0 Å². The van der Waals surface area contributed by atoms with Crippen molar-refractivity contribution in [3.8, 4) is 0 Å². The second-order valence-electron chi connectivity index (χ2n) is 3.10. The standard InChI is InChI=1S/C11H13BrINO/c1-3-14(4-2)11(15)9-7-8(12)5-6-10(9)13/h5-7H,3-4H2,1-2H3. The van der Waals surface area contributed by atoms with Gasteiger partial charge in [-0.3, -0.25) is 4.79 Å². The molecule has 2 nitrogen and oxygen atoms in total. The van der Waals surface area contributed by atoms with Crippen molar-refractivity contribution in [1.82, 2.24) is 4.90 Å². The number of hydrogen-bond donors (Lipinski definition) is 0. The minimum Gasteiger partial charge on any atom is -0.339 e. The van der Waals surface area contributed by atoms with Gasteiger partial charge in [0.2, 0.25) is 0 Å². The fraction of sp³-hybridized carbons (Fsp3) is 0.364. The highest BCUT2D eigenvalue weighted by Crippen LogP contribution is 2.19. The summed E-state index contributed by atoms with van der Waals surface area (Å²) in [5, 5.41) is 0. The predicted molar refractivity (Wildman–Crippen MR) is 74.1 cm³/mol. The van der Waals surface area contributed by atoms with Crippen LogP contribution in [0.1, 0.15) is 24.2 Å². The van der Waals surface area contributed by atoms with Gasteiger partial charge in [0.15, 0.2) is 0 Å². The Hall–Kier alpha value is -0.100. The van der Waals surface area contributed by atoms with Crippen LogP contribution in [0, 0.1) is 3.57 Å². The first kappa shape index (κ1) is 13.0. The zero-order valence-corrected chi connectivity index (χ0v) is 12.5. The third-order valence-corrected chi connectivity index (χ3v) is 3.64. The van der Waals surface area contributed by atoms with Gasteiger partial charge in [0.05, 0.1) is 5.56 Å². The van der Waals surface area contributed by atoms with Crippen LogP contribution in [-0.4, -0.2) is 23.9 Å². The quantitative estimate of drug-likeness (QED) is 0.733. The van der Waals surface area contributed by atoms with E-state index >= 15 is 0 Å². The molecule has 0 spiro atoms. The predicted octanol–water partition coefficient (Wildman–Crippen LogP) is 3.54. The molecule has 1 amide bonds. The summed E-state index contributed by atoms with van der Waals surface area (Å²) >= 11 is 5.57. The average molecular weight is 382 g/mol. The van der Waals surface area contributed by atoms with Gasteiger partial charge in [0.1, 0.15) is 0 Å². The summed E-state index contributed by atoms with van der Waals surface area (Å²) in [5.41, 5.74) is 0.772. The smallest absolute Gasteiger partial charge is 0.254 e. The topological polar surface area (TPSA) is 20.3 Å². The third kappa shape index (κ3) is 3.17. The van der Waals surface area contributed by atoms with Gasteiger partial charge in [-0.15, -0.1) is 0 Å². The molecular weight excluding hydrogens is 369 g/mol. The van der Waals surface area contributed by atoms with E-state index in [2.05, 4.69) is 38.5 Å². The minimum absolute atomic E-state index is 0.103. The average Bonchev–Trinajstić information content (AvgIpc) is 2.23. The van der Waals surface area contributed by atoms with Crippen molar-refractivity contribution < 1.29 is 4.79 Å². The number of amides is 1. The van der Waals surface area contributed by atoms with E-state index in [9.17, 15) is 4.79 Å². The highest BCUT2D eigenvalue weighted by atomic mass is 127. The molecule has 82 valence electrons. The molecular formula is C11H13BrINO. The fourth-order valence-corrected chi connectivity index (χ4v) is 2.27. The molecule has 15 heavy (non-hydrogen) atoms. The van der Waals surface area contributed by atoms with E-state index in [1.807, 2.05) is 36.9 Å². The molecule has 0 fully saturated rings. The molecule has 1 aromatic carbocycles. The first-order valence-corrected chi connectivity index (χ1v) is 6.71. The molecule has 4 heteroatoms. The van der Waals surface area contributed by atoms with Gasteiger partial charge in [-0.25, -0.2) is 0 Å². The van der Waals surface area contributed by atoms with Crippen LogP contribution in [0.3, 0.4) is 0 Å². The Morgan fingerprint density at radius 3 is 2.53 bits per heavy atom. The Kier molecular flexibility index (Phi) is 5.05. The number of nitrogens with zero attached hydrogens (tertiary/aromatic N) is 1. The lowest BCUT2D eigenvalue weighted by atomic mass is 10.2. The van der Waals surface area contributed by atoms with Gasteiger partial charge in [0, 0.05) is 21.1 Å². The molecule has 0 N–H and O–H groups in total. The summed E-state index contributed by atoms with van der Waals surface area (Å²) in [7, 11) is 0. The van der Waals surface area contributed by atoms with Crippen molar-refractivity contribution in [3.05, 3.63) is 31.8 Å². The van der Waals surface area contributed by atoms with Crippen LogP contribution in [0.15, 0.2) is 22.7 Å². The molecule has 0 radical (unpaired) electrons. The molecule has 1 rings (SSSR count). The number of halogens is 2. The Bertz CT molecular complexity index is 364. The van der Waals surface area contributed by atoms with Gasteiger partial charge in [-0.2, -0.15) is 0 Å². The summed E-state index contributed by atoms with van der Waals surface area (Å²) in [4.78, 5) is 13.9. The lowest BCUT2D eigenvalue weighted by Crippen LogP contribution is -2.31. The number of rotatable bonds is 3. The molecule has 0 heterocycles. The molecule has 0 aromatic heterocycles. The number of hydrogen-bond acceptors (Lipinski definition) is 1. The molecule has 0 bridgehead atoms. The number of benzene rings is 1. The van der Waals surface area contributed by atoms with Gasteiger partial charge in [-0.1, -0.05) is 15.9 Å². The Morgan fingerprint density at radius 2 is 2.00 bits per heavy atom. The van der Waals surface area contributed by atoms with Crippen LogP contribution in [0.2, 0.25) is 0 Å². The first-order valence-electron chi connectivity index (χ1n) is 4.84. The van der Waals surface area contributed by atoms with E-state index in [0.717, 1.165) is 26.7 Å². The van der Waals surface area contributed by atoms with Crippen molar-refractivity contribution in [2.75, 3.05) is 13.1 Å². The maximum atomic E-state index is 12.1. The maximum absolute atomic E-state index is 12.1. The van der Waals surface area contributed by atoms with Crippen molar-refractivity contribution in [2.24, 2.45) is 0 Å². The summed E-state index contributed by atoms with van der Waals surface area (Å²) in [5.74, 6) is 0.103. The molecule has 0 saturated carbocycles. The normalized spacial score (nSPS) is 10.1. The van der Waals surface area contributed by atoms with Crippen molar-refractivity contribution in [2.45, 2.75) is 13.8 Å². The lowest BCUT2D eigenvalue weighted by molar-refractivity contribution is 0.0772. The summed E-state index contributed by atoms with van der Waals surface area (Å²) < 4.78 is 1.94. The van der Waals surface area contributed by atoms with Crippen molar-refractivity contribution in [1.29, 1.82) is 0 Å². The number of carbonyl (C=O) groups excluding carboxylic acids is 1. The van der Waals surface area contributed by atoms with Gasteiger partial charge in [-0.05, 0) is 54.6 Å². The molecule has 1 aromatic rings. The van der Waals surface area contributed by atoms with Crippen molar-refractivity contribution in [3.63, 3.8) is 0 Å². The summed E-state index contributed by atoms with van der Waals surface area (Å²) in [6.07, 6.45) is 0. The van der Waals surface area contributed by atoms with Crippen LogP contribution < -0.4 is 0 Å². The first-order chi connectivity index (χ1) is 7.10. The SMILES string of the molecule is CCN(CC)C(=O)c1cc(Br)ccc1I. The number of carbonyl (C=O) groups is 1. The van der Waals surface area contributed by atoms with Crippen LogP contribution in [0.5, 0.6) is 0 Å². The molecule has 0 unspecified atom stereocenters. The third-order valence-electron chi connectivity index (χ3n) is 2.21. The lowest BCUT2D eigenvalue weighted by Gasteiger charge is -2.19. The molecule has 0 atom stereocenters. The van der Waals surface area contributed by atoms with Crippen LogP contribution in [-0.2, 0) is 0 Å². The van der Waals surface area contributed by atoms with Crippen LogP contribution in [0.25, 0.3) is 0 Å². The largest absolute Gasteiger partial charge is 0.339 e. The Morgan fingerprint density at radius 1 is 1.40 bits per heavy atom. The molecule has 0 saturated heterocycles. The monoisotopic (exact) mass is 381 g/mol. The zero-order chi connectivity index (χ0) is 11.4. The molecule has 0 aliphatic rings. The maximum Gasteiger partial charge on any atom is 0.254 e. The van der Waals surface area contributed by atoms with E-state index in [1.54, 1.807) is 0 Å². The van der Waals surface area contributed by atoms with E-state index in [1.165, 1.54) is 0 Å². The van der Waals surface area contributed by atoms with Crippen molar-refractivity contribution >= 4 is 44.4 Å². The Labute approximate surface area is 112 Å². The van der Waals surface area contributed by atoms with E-state index in [4.69, 9.17) is 0 Å². The Balaban J connectivity index is 3.04. The zero-order valence-electron chi connectivity index (χ0n) is 8.76. The summed E-state index contributed by atoms with van der Waals surface area (Å²) in [6, 6.07) is 5.77. The van der Waals surface area contributed by atoms with E-state index in [-0.39, 0.29) is 5.91 Å². The fourth-order valence-electron chi connectivity index (χ4n) is 1.34. The van der Waals surface area contributed by atoms with E-state index < -0.39 is 0 Å². The second-order valence-corrected chi connectivity index (χ2v) is 5.18. The highest BCUT2D eigenvalue weighted by Gasteiger charge is 2.15. The van der Waals surface area contributed by atoms with Crippen LogP contribution >= 0.6 is 38.5 Å². The minimum atomic E-state index is 0.103. The van der Waals surface area contributed by atoms with Gasteiger partial charge >= 0.3 is 0 Å². The van der Waals surface area contributed by atoms with Gasteiger partial charge < -0.3 is 4.90 Å². The molecule has 0 aliphatic heterocycles. The van der Waals surface area contributed by atoms with Gasteiger partial charge in [0.25, 0.3) is 5.91 Å².